The van der Waals surface area contributed by atoms with Crippen molar-refractivity contribution < 1.29 is 9.53 Å². The Morgan fingerprint density at radius 2 is 1.65 bits per heavy atom. The number of aliphatic imine (C=N–C) groups is 1. The van der Waals surface area contributed by atoms with Gasteiger partial charge in [0.15, 0.2) is 5.96 Å². The molecule has 1 aromatic carbocycles. The molecule has 3 fully saturated rings. The highest BCUT2D eigenvalue weighted by molar-refractivity contribution is 6.02. The van der Waals surface area contributed by atoms with Crippen molar-refractivity contribution in [3.8, 4) is 0 Å². The number of carbonyl (C=O) groups excluding carboxylic acids is 1. The highest BCUT2D eigenvalue weighted by atomic mass is 16.5. The Bertz CT molecular complexity index is 761. The SMILES string of the molecule is COC(=O)c1ccccc1NC(=NC1CCC(CC2CCC(N)CC2)CC1)NC1CC1. The summed E-state index contributed by atoms with van der Waals surface area (Å²) in [6.07, 6.45) is 13.6. The number of hydrogen-bond donors (Lipinski definition) is 3. The molecule has 1 aromatic rings. The number of esters is 1. The lowest BCUT2D eigenvalue weighted by molar-refractivity contribution is 0.0602. The number of guanidine groups is 1. The van der Waals surface area contributed by atoms with Gasteiger partial charge in [-0.15, -0.1) is 0 Å². The van der Waals surface area contributed by atoms with Crippen LogP contribution < -0.4 is 16.4 Å². The Morgan fingerprint density at radius 1 is 1.00 bits per heavy atom. The van der Waals surface area contributed by atoms with Gasteiger partial charge in [0, 0.05) is 12.1 Å². The van der Waals surface area contributed by atoms with Crippen LogP contribution in [0.4, 0.5) is 5.69 Å². The minimum atomic E-state index is -0.335. The van der Waals surface area contributed by atoms with Crippen LogP contribution in [0.25, 0.3) is 0 Å². The summed E-state index contributed by atoms with van der Waals surface area (Å²) in [6, 6.07) is 8.74. The van der Waals surface area contributed by atoms with Crippen LogP contribution in [-0.2, 0) is 4.74 Å². The molecule has 0 spiro atoms. The molecule has 0 aliphatic heterocycles. The Balaban J connectivity index is 1.35. The first-order chi connectivity index (χ1) is 15.1. The van der Waals surface area contributed by atoms with Crippen LogP contribution in [0.3, 0.4) is 0 Å². The van der Waals surface area contributed by atoms with Crippen molar-refractivity contribution in [2.24, 2.45) is 22.6 Å². The molecule has 3 aliphatic rings. The van der Waals surface area contributed by atoms with E-state index in [0.29, 0.717) is 23.7 Å². The van der Waals surface area contributed by atoms with Crippen molar-refractivity contribution in [3.63, 3.8) is 0 Å². The summed E-state index contributed by atoms with van der Waals surface area (Å²) < 4.78 is 4.94. The van der Waals surface area contributed by atoms with Gasteiger partial charge in [0.1, 0.15) is 0 Å². The van der Waals surface area contributed by atoms with Crippen LogP contribution in [0, 0.1) is 11.8 Å². The van der Waals surface area contributed by atoms with Gasteiger partial charge >= 0.3 is 5.97 Å². The number of para-hydroxylation sites is 1. The predicted octanol–water partition coefficient (Wildman–Crippen LogP) is 4.46. The smallest absolute Gasteiger partial charge is 0.339 e. The maximum atomic E-state index is 12.1. The Hall–Kier alpha value is -2.08. The van der Waals surface area contributed by atoms with Gasteiger partial charge in [-0.3, -0.25) is 0 Å². The van der Waals surface area contributed by atoms with Gasteiger partial charge < -0.3 is 21.1 Å². The van der Waals surface area contributed by atoms with Gasteiger partial charge in [-0.05, 0) is 94.6 Å². The lowest BCUT2D eigenvalue weighted by atomic mass is 9.76. The lowest BCUT2D eigenvalue weighted by Gasteiger charge is -2.32. The molecule has 0 atom stereocenters. The van der Waals surface area contributed by atoms with E-state index in [2.05, 4.69) is 10.6 Å². The summed E-state index contributed by atoms with van der Waals surface area (Å²) in [6.45, 7) is 0. The highest BCUT2D eigenvalue weighted by Crippen LogP contribution is 2.36. The number of rotatable bonds is 6. The number of methoxy groups -OCH3 is 1. The number of nitrogens with zero attached hydrogens (tertiary/aromatic N) is 1. The van der Waals surface area contributed by atoms with E-state index in [9.17, 15) is 4.79 Å². The van der Waals surface area contributed by atoms with Gasteiger partial charge in [-0.2, -0.15) is 0 Å². The summed E-state index contributed by atoms with van der Waals surface area (Å²) in [4.78, 5) is 17.2. The summed E-state index contributed by atoms with van der Waals surface area (Å²) >= 11 is 0. The second-order valence-electron chi connectivity index (χ2n) is 9.75. The van der Waals surface area contributed by atoms with Crippen LogP contribution in [0.5, 0.6) is 0 Å². The third-order valence-electron chi connectivity index (χ3n) is 7.19. The lowest BCUT2D eigenvalue weighted by Crippen LogP contribution is -2.35. The quantitative estimate of drug-likeness (QED) is 0.355. The first-order valence-corrected chi connectivity index (χ1v) is 12.1. The molecule has 3 saturated carbocycles. The number of benzene rings is 1. The van der Waals surface area contributed by atoms with Crippen molar-refractivity contribution in [3.05, 3.63) is 29.8 Å². The van der Waals surface area contributed by atoms with Gasteiger partial charge in [0.2, 0.25) is 0 Å². The molecule has 0 amide bonds. The molecular formula is C25H38N4O2. The fourth-order valence-corrected chi connectivity index (χ4v) is 5.12. The number of nitrogens with two attached hydrogens (primary N) is 1. The summed E-state index contributed by atoms with van der Waals surface area (Å²) in [5.41, 5.74) is 7.34. The van der Waals surface area contributed by atoms with Crippen molar-refractivity contribution in [2.45, 2.75) is 88.8 Å². The van der Waals surface area contributed by atoms with E-state index in [1.807, 2.05) is 18.2 Å². The average molecular weight is 427 g/mol. The fraction of sp³-hybridized carbons (Fsp3) is 0.680. The number of ether oxygens (including phenoxy) is 1. The zero-order chi connectivity index (χ0) is 21.6. The molecule has 0 unspecified atom stereocenters. The molecule has 0 radical (unpaired) electrons. The summed E-state index contributed by atoms with van der Waals surface area (Å²) in [5.74, 6) is 2.19. The van der Waals surface area contributed by atoms with E-state index in [1.165, 1.54) is 64.9 Å². The molecule has 31 heavy (non-hydrogen) atoms. The predicted molar refractivity (Wildman–Crippen MR) is 125 cm³/mol. The topological polar surface area (TPSA) is 88.7 Å². The van der Waals surface area contributed by atoms with Crippen molar-refractivity contribution in [2.75, 3.05) is 12.4 Å². The Kier molecular flexibility index (Phi) is 7.49. The summed E-state index contributed by atoms with van der Waals surface area (Å²) in [5, 5.41) is 6.92. The summed E-state index contributed by atoms with van der Waals surface area (Å²) in [7, 11) is 1.41. The van der Waals surface area contributed by atoms with E-state index >= 15 is 0 Å². The molecule has 6 nitrogen and oxygen atoms in total. The molecule has 4 N–H and O–H groups in total. The van der Waals surface area contributed by atoms with Gasteiger partial charge in [-0.1, -0.05) is 12.1 Å². The normalized spacial score (nSPS) is 29.3. The molecule has 6 heteroatoms. The Morgan fingerprint density at radius 3 is 2.29 bits per heavy atom. The van der Waals surface area contributed by atoms with Crippen molar-refractivity contribution >= 4 is 17.6 Å². The van der Waals surface area contributed by atoms with Crippen molar-refractivity contribution in [1.29, 1.82) is 0 Å². The third-order valence-corrected chi connectivity index (χ3v) is 7.19. The highest BCUT2D eigenvalue weighted by Gasteiger charge is 2.28. The number of carbonyl (C=O) groups is 1. The second kappa shape index (κ2) is 10.5. The fourth-order valence-electron chi connectivity index (χ4n) is 5.12. The largest absolute Gasteiger partial charge is 0.465 e. The monoisotopic (exact) mass is 426 g/mol. The van der Waals surface area contributed by atoms with Crippen LogP contribution in [0.1, 0.15) is 81.0 Å². The first kappa shape index (κ1) is 22.1. The van der Waals surface area contributed by atoms with Gasteiger partial charge in [0.25, 0.3) is 0 Å². The first-order valence-electron chi connectivity index (χ1n) is 12.1. The number of nitrogens with one attached hydrogen (secondary N) is 2. The maximum Gasteiger partial charge on any atom is 0.339 e. The van der Waals surface area contributed by atoms with Crippen LogP contribution in [0.15, 0.2) is 29.3 Å². The van der Waals surface area contributed by atoms with E-state index < -0.39 is 0 Å². The molecular weight excluding hydrogens is 388 g/mol. The molecule has 0 aromatic heterocycles. The molecule has 3 aliphatic carbocycles. The van der Waals surface area contributed by atoms with E-state index in [4.69, 9.17) is 15.5 Å². The zero-order valence-corrected chi connectivity index (χ0v) is 18.8. The van der Waals surface area contributed by atoms with E-state index in [0.717, 1.165) is 36.3 Å². The number of anilines is 1. The number of hydrogen-bond acceptors (Lipinski definition) is 4. The molecule has 0 saturated heterocycles. The second-order valence-corrected chi connectivity index (χ2v) is 9.75. The molecule has 0 bridgehead atoms. The molecule has 170 valence electrons. The maximum absolute atomic E-state index is 12.1. The van der Waals surface area contributed by atoms with E-state index in [-0.39, 0.29) is 5.97 Å². The molecule has 4 rings (SSSR count). The van der Waals surface area contributed by atoms with Gasteiger partial charge in [-0.25, -0.2) is 9.79 Å². The minimum Gasteiger partial charge on any atom is -0.465 e. The zero-order valence-electron chi connectivity index (χ0n) is 18.8. The van der Waals surface area contributed by atoms with Crippen LogP contribution >= 0.6 is 0 Å². The Labute approximate surface area is 186 Å². The molecule has 0 heterocycles. The average Bonchev–Trinajstić information content (AvgIpc) is 3.60. The van der Waals surface area contributed by atoms with Crippen LogP contribution in [0.2, 0.25) is 0 Å². The van der Waals surface area contributed by atoms with Gasteiger partial charge in [0.05, 0.1) is 24.4 Å². The standard InChI is InChI=1S/C25H38N4O2/c1-31-24(30)22-4-2-3-5-23(22)29-25(28-21-14-15-21)27-20-12-8-18(9-13-20)16-17-6-10-19(26)11-7-17/h2-5,17-21H,6-16,26H2,1H3,(H2,27,28,29). The third kappa shape index (κ3) is 6.45. The van der Waals surface area contributed by atoms with E-state index in [1.54, 1.807) is 6.07 Å². The van der Waals surface area contributed by atoms with Crippen molar-refractivity contribution in [1.82, 2.24) is 5.32 Å². The van der Waals surface area contributed by atoms with Crippen LogP contribution in [-0.4, -0.2) is 37.2 Å². The minimum absolute atomic E-state index is 0.335.